The van der Waals surface area contributed by atoms with Crippen molar-refractivity contribution in [3.05, 3.63) is 114 Å². The van der Waals surface area contributed by atoms with Crippen molar-refractivity contribution in [1.29, 1.82) is 0 Å². The molecule has 0 aliphatic carbocycles. The molecular weight excluding hydrogens is 658 g/mol. The number of amides is 5. The zero-order chi connectivity index (χ0) is 37.0. The van der Waals surface area contributed by atoms with Crippen LogP contribution in [0.1, 0.15) is 53.5 Å². The molecule has 1 saturated heterocycles. The summed E-state index contributed by atoms with van der Waals surface area (Å²) in [5.41, 5.74) is 4.70. The SMILES string of the molecule is Cc1ccc(-c2ccccc2C(=O)Nc2ccc(C(=O)N3CCC(=O)N(CC(=O)N4CCN(C(=O)OC(C)(C)C)CC4)c4ccccc43)cc2)cc1. The van der Waals surface area contributed by atoms with E-state index in [-0.39, 0.29) is 43.1 Å². The van der Waals surface area contributed by atoms with Crippen molar-refractivity contribution in [2.24, 2.45) is 0 Å². The Labute approximate surface area is 303 Å². The first-order chi connectivity index (χ1) is 24.9. The number of ether oxygens (including phenoxy) is 1. The molecule has 268 valence electrons. The van der Waals surface area contributed by atoms with E-state index in [1.165, 1.54) is 4.90 Å². The van der Waals surface area contributed by atoms with Crippen LogP contribution in [-0.2, 0) is 14.3 Å². The summed E-state index contributed by atoms with van der Waals surface area (Å²) in [5.74, 6) is -1.09. The summed E-state index contributed by atoms with van der Waals surface area (Å²) in [4.78, 5) is 73.0. The molecule has 2 heterocycles. The summed E-state index contributed by atoms with van der Waals surface area (Å²) in [5, 5.41) is 2.95. The normalized spacial score (nSPS) is 14.7. The third-order valence-corrected chi connectivity index (χ3v) is 9.06. The van der Waals surface area contributed by atoms with Gasteiger partial charge in [-0.15, -0.1) is 0 Å². The Morgan fingerprint density at radius 3 is 2.02 bits per heavy atom. The Morgan fingerprint density at radius 2 is 1.35 bits per heavy atom. The molecule has 4 aromatic rings. The Kier molecular flexibility index (Phi) is 10.4. The number of nitrogens with zero attached hydrogens (tertiary/aromatic N) is 4. The van der Waals surface area contributed by atoms with Crippen molar-refractivity contribution < 1.29 is 28.7 Å². The van der Waals surface area contributed by atoms with E-state index in [2.05, 4.69) is 5.32 Å². The molecule has 11 nitrogen and oxygen atoms in total. The van der Waals surface area contributed by atoms with Gasteiger partial charge < -0.3 is 29.7 Å². The molecule has 0 bridgehead atoms. The predicted octanol–water partition coefficient (Wildman–Crippen LogP) is 6.38. The molecule has 6 rings (SSSR count). The van der Waals surface area contributed by atoms with Crippen LogP contribution in [0.4, 0.5) is 21.9 Å². The van der Waals surface area contributed by atoms with Gasteiger partial charge in [0.25, 0.3) is 11.8 Å². The van der Waals surface area contributed by atoms with Crippen molar-refractivity contribution in [3.8, 4) is 11.1 Å². The maximum absolute atomic E-state index is 13.9. The van der Waals surface area contributed by atoms with E-state index in [1.807, 2.05) is 70.2 Å². The molecule has 0 atom stereocenters. The smallest absolute Gasteiger partial charge is 0.410 e. The molecule has 0 spiro atoms. The molecule has 2 aliphatic rings. The van der Waals surface area contributed by atoms with Crippen LogP contribution in [-0.4, -0.2) is 84.4 Å². The van der Waals surface area contributed by atoms with Gasteiger partial charge in [-0.25, -0.2) is 4.79 Å². The topological polar surface area (TPSA) is 120 Å². The highest BCUT2D eigenvalue weighted by molar-refractivity contribution is 6.13. The van der Waals surface area contributed by atoms with E-state index < -0.39 is 11.7 Å². The van der Waals surface area contributed by atoms with E-state index in [9.17, 15) is 24.0 Å². The fourth-order valence-corrected chi connectivity index (χ4v) is 6.32. The minimum Gasteiger partial charge on any atom is -0.444 e. The third-order valence-electron chi connectivity index (χ3n) is 9.06. The fourth-order valence-electron chi connectivity index (χ4n) is 6.32. The zero-order valence-electron chi connectivity index (χ0n) is 29.9. The van der Waals surface area contributed by atoms with Crippen molar-refractivity contribution in [1.82, 2.24) is 9.80 Å². The molecule has 0 aromatic heterocycles. The summed E-state index contributed by atoms with van der Waals surface area (Å²) in [6, 6.07) is 29.1. The van der Waals surface area contributed by atoms with Crippen LogP contribution in [0.15, 0.2) is 97.1 Å². The first-order valence-electron chi connectivity index (χ1n) is 17.4. The van der Waals surface area contributed by atoms with Gasteiger partial charge in [-0.05, 0) is 81.3 Å². The molecule has 0 radical (unpaired) electrons. The monoisotopic (exact) mass is 701 g/mol. The maximum Gasteiger partial charge on any atom is 0.410 e. The molecule has 0 saturated carbocycles. The van der Waals surface area contributed by atoms with Gasteiger partial charge in [-0.2, -0.15) is 0 Å². The molecule has 1 N–H and O–H groups in total. The molecular formula is C41H43N5O6. The number of rotatable bonds is 6. The van der Waals surface area contributed by atoms with Crippen molar-refractivity contribution >= 4 is 46.8 Å². The van der Waals surface area contributed by atoms with Gasteiger partial charge in [0.05, 0.1) is 11.4 Å². The van der Waals surface area contributed by atoms with Crippen LogP contribution in [0.3, 0.4) is 0 Å². The van der Waals surface area contributed by atoms with Crippen molar-refractivity contribution in [3.63, 3.8) is 0 Å². The molecule has 1 fully saturated rings. The third kappa shape index (κ3) is 8.15. The standard InChI is InChI=1S/C41H43N5O6/c1-28-13-15-29(16-14-28)32-9-5-6-10-33(32)38(49)42-31-19-17-30(18-20-31)39(50)45-22-21-36(47)46(35-12-8-7-11-34(35)45)27-37(48)43-23-25-44(26-24-43)40(51)52-41(2,3)4/h5-20H,21-27H2,1-4H3,(H,42,49). The van der Waals surface area contributed by atoms with Gasteiger partial charge in [0.2, 0.25) is 11.8 Å². The lowest BCUT2D eigenvalue weighted by Gasteiger charge is -2.36. The quantitative estimate of drug-likeness (QED) is 0.249. The minimum absolute atomic E-state index is 0.0225. The largest absolute Gasteiger partial charge is 0.444 e. The average molecular weight is 702 g/mol. The minimum atomic E-state index is -0.614. The van der Waals surface area contributed by atoms with E-state index in [0.29, 0.717) is 54.4 Å². The van der Waals surface area contributed by atoms with E-state index in [0.717, 1.165) is 16.7 Å². The molecule has 52 heavy (non-hydrogen) atoms. The number of fused-ring (bicyclic) bond motifs is 1. The van der Waals surface area contributed by atoms with Gasteiger partial charge >= 0.3 is 6.09 Å². The lowest BCUT2D eigenvalue weighted by molar-refractivity contribution is -0.133. The highest BCUT2D eigenvalue weighted by Gasteiger charge is 2.33. The number of carbonyl (C=O) groups excluding carboxylic acids is 5. The number of hydrogen-bond donors (Lipinski definition) is 1. The summed E-state index contributed by atoms with van der Waals surface area (Å²) >= 11 is 0. The molecule has 4 aromatic carbocycles. The number of aryl methyl sites for hydroxylation is 1. The number of benzene rings is 4. The van der Waals surface area contributed by atoms with Crippen LogP contribution in [0.2, 0.25) is 0 Å². The zero-order valence-corrected chi connectivity index (χ0v) is 29.9. The van der Waals surface area contributed by atoms with Crippen molar-refractivity contribution in [2.45, 2.75) is 39.7 Å². The Morgan fingerprint density at radius 1 is 0.731 bits per heavy atom. The second-order valence-corrected chi connectivity index (χ2v) is 14.0. The van der Waals surface area contributed by atoms with Gasteiger partial charge in [-0.3, -0.25) is 19.2 Å². The molecule has 2 aliphatic heterocycles. The van der Waals surface area contributed by atoms with Crippen LogP contribution in [0, 0.1) is 6.92 Å². The number of nitrogens with one attached hydrogen (secondary N) is 1. The second-order valence-electron chi connectivity index (χ2n) is 14.0. The highest BCUT2D eigenvalue weighted by atomic mass is 16.6. The Bertz CT molecular complexity index is 1980. The number of piperazine rings is 1. The van der Waals surface area contributed by atoms with E-state index in [4.69, 9.17) is 4.74 Å². The van der Waals surface area contributed by atoms with Gasteiger partial charge in [-0.1, -0.05) is 60.2 Å². The summed E-state index contributed by atoms with van der Waals surface area (Å²) < 4.78 is 5.46. The first kappa shape index (κ1) is 35.8. The van der Waals surface area contributed by atoms with Gasteiger partial charge in [0.15, 0.2) is 0 Å². The first-order valence-corrected chi connectivity index (χ1v) is 17.4. The number of anilines is 3. The maximum atomic E-state index is 13.9. The van der Waals surface area contributed by atoms with Crippen LogP contribution in [0.5, 0.6) is 0 Å². The van der Waals surface area contributed by atoms with Crippen LogP contribution in [0.25, 0.3) is 11.1 Å². The van der Waals surface area contributed by atoms with Crippen LogP contribution < -0.4 is 15.1 Å². The fraction of sp³-hybridized carbons (Fsp3) is 0.293. The summed E-state index contributed by atoms with van der Waals surface area (Å²) in [6.07, 6.45) is -0.394. The lowest BCUT2D eigenvalue weighted by Crippen LogP contribution is -2.53. The van der Waals surface area contributed by atoms with Crippen molar-refractivity contribution in [2.75, 3.05) is 54.4 Å². The average Bonchev–Trinajstić information content (AvgIpc) is 3.27. The second kappa shape index (κ2) is 15.1. The number of para-hydroxylation sites is 2. The van der Waals surface area contributed by atoms with Gasteiger partial charge in [0.1, 0.15) is 12.1 Å². The van der Waals surface area contributed by atoms with E-state index >= 15 is 0 Å². The summed E-state index contributed by atoms with van der Waals surface area (Å²) in [6.45, 7) is 8.68. The molecule has 0 unspecified atom stereocenters. The van der Waals surface area contributed by atoms with E-state index in [1.54, 1.807) is 69.3 Å². The molecule has 11 heteroatoms. The van der Waals surface area contributed by atoms with Crippen LogP contribution >= 0.6 is 0 Å². The Balaban J connectivity index is 1.13. The predicted molar refractivity (Wildman–Crippen MR) is 200 cm³/mol. The van der Waals surface area contributed by atoms with Gasteiger partial charge in [0, 0.05) is 56.0 Å². The number of hydrogen-bond acceptors (Lipinski definition) is 6. The number of carbonyl (C=O) groups is 5. The molecule has 5 amide bonds. The Hall–Kier alpha value is -5.97. The lowest BCUT2D eigenvalue weighted by atomic mass is 9.98. The summed E-state index contributed by atoms with van der Waals surface area (Å²) in [7, 11) is 0. The highest BCUT2D eigenvalue weighted by Crippen LogP contribution is 2.34.